The minimum atomic E-state index is 0.265. The summed E-state index contributed by atoms with van der Waals surface area (Å²) in [7, 11) is 0. The molecule has 0 saturated carbocycles. The third-order valence-electron chi connectivity index (χ3n) is 3.28. The highest BCUT2D eigenvalue weighted by Crippen LogP contribution is 2.30. The molecule has 1 aliphatic heterocycles. The minimum Gasteiger partial charge on any atom is -0.373 e. The third-order valence-corrected chi connectivity index (χ3v) is 3.28. The lowest BCUT2D eigenvalue weighted by molar-refractivity contribution is 0.0302. The standard InChI is InChI=1S/C15H23NO/c1-11(2)16-12(3)10-15-14-7-5-4-6-13(14)8-9-17-15/h4-7,11-12,15-16H,8-10H2,1-3H3. The Labute approximate surface area is 104 Å². The lowest BCUT2D eigenvalue weighted by Crippen LogP contribution is -2.34. The Kier molecular flexibility index (Phi) is 4.19. The molecule has 0 amide bonds. The van der Waals surface area contributed by atoms with Crippen molar-refractivity contribution in [3.8, 4) is 0 Å². The fourth-order valence-corrected chi connectivity index (χ4v) is 2.63. The van der Waals surface area contributed by atoms with Gasteiger partial charge in [-0.1, -0.05) is 38.1 Å². The molecule has 2 unspecified atom stereocenters. The summed E-state index contributed by atoms with van der Waals surface area (Å²) >= 11 is 0. The molecule has 2 heteroatoms. The molecule has 94 valence electrons. The van der Waals surface area contributed by atoms with Gasteiger partial charge in [0.1, 0.15) is 0 Å². The zero-order chi connectivity index (χ0) is 12.3. The molecule has 1 aromatic rings. The van der Waals surface area contributed by atoms with E-state index in [-0.39, 0.29) is 6.10 Å². The van der Waals surface area contributed by atoms with Crippen LogP contribution in [0.1, 0.15) is 44.4 Å². The zero-order valence-corrected chi connectivity index (χ0v) is 11.1. The van der Waals surface area contributed by atoms with Crippen molar-refractivity contribution in [1.29, 1.82) is 0 Å². The molecule has 0 radical (unpaired) electrons. The van der Waals surface area contributed by atoms with Gasteiger partial charge in [0.05, 0.1) is 12.7 Å². The molecule has 1 N–H and O–H groups in total. The van der Waals surface area contributed by atoms with Gasteiger partial charge in [-0.25, -0.2) is 0 Å². The summed E-state index contributed by atoms with van der Waals surface area (Å²) in [5.74, 6) is 0. The van der Waals surface area contributed by atoms with Crippen LogP contribution >= 0.6 is 0 Å². The molecule has 2 rings (SSSR count). The van der Waals surface area contributed by atoms with E-state index in [4.69, 9.17) is 4.74 Å². The highest BCUT2D eigenvalue weighted by molar-refractivity contribution is 5.30. The lowest BCUT2D eigenvalue weighted by atomic mass is 9.94. The van der Waals surface area contributed by atoms with Crippen LogP contribution < -0.4 is 5.32 Å². The Morgan fingerprint density at radius 1 is 1.29 bits per heavy atom. The summed E-state index contributed by atoms with van der Waals surface area (Å²) < 4.78 is 5.92. The van der Waals surface area contributed by atoms with Crippen LogP contribution in [0.4, 0.5) is 0 Å². The monoisotopic (exact) mass is 233 g/mol. The molecule has 1 heterocycles. The van der Waals surface area contributed by atoms with E-state index in [0.717, 1.165) is 19.4 Å². The van der Waals surface area contributed by atoms with E-state index in [1.807, 2.05) is 0 Å². The van der Waals surface area contributed by atoms with Crippen molar-refractivity contribution >= 4 is 0 Å². The summed E-state index contributed by atoms with van der Waals surface area (Å²) in [5, 5.41) is 3.54. The van der Waals surface area contributed by atoms with Crippen molar-refractivity contribution in [2.45, 2.75) is 51.8 Å². The van der Waals surface area contributed by atoms with E-state index in [0.29, 0.717) is 12.1 Å². The van der Waals surface area contributed by atoms with Crippen molar-refractivity contribution in [3.05, 3.63) is 35.4 Å². The lowest BCUT2D eigenvalue weighted by Gasteiger charge is -2.29. The van der Waals surface area contributed by atoms with E-state index in [1.165, 1.54) is 11.1 Å². The summed E-state index contributed by atoms with van der Waals surface area (Å²) in [6, 6.07) is 9.69. The molecule has 0 fully saturated rings. The quantitative estimate of drug-likeness (QED) is 0.863. The van der Waals surface area contributed by atoms with E-state index >= 15 is 0 Å². The average molecular weight is 233 g/mol. The summed E-state index contributed by atoms with van der Waals surface area (Å²) in [4.78, 5) is 0. The predicted octanol–water partition coefficient (Wildman–Crippen LogP) is 3.08. The smallest absolute Gasteiger partial charge is 0.0842 e. The van der Waals surface area contributed by atoms with E-state index < -0.39 is 0 Å². The van der Waals surface area contributed by atoms with Gasteiger partial charge in [0.15, 0.2) is 0 Å². The van der Waals surface area contributed by atoms with Gasteiger partial charge in [-0.05, 0) is 30.9 Å². The maximum absolute atomic E-state index is 5.92. The number of hydrogen-bond acceptors (Lipinski definition) is 2. The van der Waals surface area contributed by atoms with Crippen LogP contribution in [0.15, 0.2) is 24.3 Å². The summed E-state index contributed by atoms with van der Waals surface area (Å²) in [6.07, 6.45) is 2.37. The molecular weight excluding hydrogens is 210 g/mol. The minimum absolute atomic E-state index is 0.265. The number of fused-ring (bicyclic) bond motifs is 1. The van der Waals surface area contributed by atoms with E-state index in [1.54, 1.807) is 0 Å². The van der Waals surface area contributed by atoms with Crippen LogP contribution in [0.3, 0.4) is 0 Å². The van der Waals surface area contributed by atoms with E-state index in [2.05, 4.69) is 50.4 Å². The Bertz CT molecular complexity index is 362. The number of benzene rings is 1. The maximum atomic E-state index is 5.92. The number of ether oxygens (including phenoxy) is 1. The first-order chi connectivity index (χ1) is 8.16. The summed E-state index contributed by atoms with van der Waals surface area (Å²) in [6.45, 7) is 7.47. The van der Waals surface area contributed by atoms with Crippen molar-refractivity contribution < 1.29 is 4.74 Å². The van der Waals surface area contributed by atoms with Crippen molar-refractivity contribution in [3.63, 3.8) is 0 Å². The highest BCUT2D eigenvalue weighted by Gasteiger charge is 2.22. The molecule has 0 aromatic heterocycles. The second-order valence-electron chi connectivity index (χ2n) is 5.27. The Balaban J connectivity index is 2.03. The fourth-order valence-electron chi connectivity index (χ4n) is 2.63. The molecule has 0 saturated heterocycles. The molecular formula is C15H23NO. The van der Waals surface area contributed by atoms with Crippen molar-refractivity contribution in [2.24, 2.45) is 0 Å². The second-order valence-corrected chi connectivity index (χ2v) is 5.27. The van der Waals surface area contributed by atoms with Gasteiger partial charge in [0.2, 0.25) is 0 Å². The average Bonchev–Trinajstić information content (AvgIpc) is 2.28. The molecule has 2 nitrogen and oxygen atoms in total. The van der Waals surface area contributed by atoms with Crippen LogP contribution in [0.2, 0.25) is 0 Å². The molecule has 1 aliphatic rings. The van der Waals surface area contributed by atoms with Gasteiger partial charge < -0.3 is 10.1 Å². The van der Waals surface area contributed by atoms with Gasteiger partial charge in [0.25, 0.3) is 0 Å². The maximum Gasteiger partial charge on any atom is 0.0842 e. The van der Waals surface area contributed by atoms with Gasteiger partial charge in [-0.3, -0.25) is 0 Å². The van der Waals surface area contributed by atoms with Crippen LogP contribution in [0.25, 0.3) is 0 Å². The van der Waals surface area contributed by atoms with Gasteiger partial charge in [-0.15, -0.1) is 0 Å². The first kappa shape index (κ1) is 12.6. The largest absolute Gasteiger partial charge is 0.373 e. The highest BCUT2D eigenvalue weighted by atomic mass is 16.5. The van der Waals surface area contributed by atoms with Crippen LogP contribution in [0, 0.1) is 0 Å². The van der Waals surface area contributed by atoms with Gasteiger partial charge in [0, 0.05) is 12.1 Å². The zero-order valence-electron chi connectivity index (χ0n) is 11.1. The summed E-state index contributed by atoms with van der Waals surface area (Å²) in [5.41, 5.74) is 2.84. The Morgan fingerprint density at radius 3 is 2.82 bits per heavy atom. The Morgan fingerprint density at radius 2 is 2.06 bits per heavy atom. The molecule has 0 bridgehead atoms. The number of nitrogens with one attached hydrogen (secondary N) is 1. The van der Waals surface area contributed by atoms with Crippen molar-refractivity contribution in [2.75, 3.05) is 6.61 Å². The van der Waals surface area contributed by atoms with Crippen LogP contribution in [-0.4, -0.2) is 18.7 Å². The van der Waals surface area contributed by atoms with Crippen molar-refractivity contribution in [1.82, 2.24) is 5.32 Å². The normalized spacial score (nSPS) is 21.3. The van der Waals surface area contributed by atoms with Gasteiger partial charge in [-0.2, -0.15) is 0 Å². The first-order valence-corrected chi connectivity index (χ1v) is 6.62. The topological polar surface area (TPSA) is 21.3 Å². The Hall–Kier alpha value is -0.860. The van der Waals surface area contributed by atoms with Gasteiger partial charge >= 0.3 is 0 Å². The molecule has 0 spiro atoms. The molecule has 1 aromatic carbocycles. The molecule has 2 atom stereocenters. The van der Waals surface area contributed by atoms with E-state index in [9.17, 15) is 0 Å². The second kappa shape index (κ2) is 5.65. The number of rotatable bonds is 4. The SMILES string of the molecule is CC(C)NC(C)CC1OCCc2ccccc21. The predicted molar refractivity (Wildman–Crippen MR) is 71.2 cm³/mol. The molecule has 0 aliphatic carbocycles. The van der Waals surface area contributed by atoms with Crippen LogP contribution in [-0.2, 0) is 11.2 Å². The third kappa shape index (κ3) is 3.30. The molecule has 17 heavy (non-hydrogen) atoms. The first-order valence-electron chi connectivity index (χ1n) is 6.62. The van der Waals surface area contributed by atoms with Crippen LogP contribution in [0.5, 0.6) is 0 Å². The fraction of sp³-hybridized carbons (Fsp3) is 0.600. The number of hydrogen-bond donors (Lipinski definition) is 1.